The SMILES string of the molecule is O=C(O)CCCNC(c1cccs1)C1CC1. The summed E-state index contributed by atoms with van der Waals surface area (Å²) in [7, 11) is 0. The normalized spacial score (nSPS) is 17.2. The van der Waals surface area contributed by atoms with Crippen LogP contribution in [0.15, 0.2) is 17.5 Å². The zero-order valence-corrected chi connectivity index (χ0v) is 10.0. The molecule has 1 aliphatic carbocycles. The molecule has 0 radical (unpaired) electrons. The van der Waals surface area contributed by atoms with E-state index in [9.17, 15) is 4.79 Å². The Morgan fingerprint density at radius 3 is 3.00 bits per heavy atom. The molecule has 4 heteroatoms. The van der Waals surface area contributed by atoms with Gasteiger partial charge in [-0.1, -0.05) is 6.07 Å². The Morgan fingerprint density at radius 2 is 2.44 bits per heavy atom. The molecule has 88 valence electrons. The summed E-state index contributed by atoms with van der Waals surface area (Å²) in [4.78, 5) is 11.8. The van der Waals surface area contributed by atoms with E-state index in [0.29, 0.717) is 12.5 Å². The second kappa shape index (κ2) is 5.46. The molecular weight excluding hydrogens is 222 g/mol. The van der Waals surface area contributed by atoms with Crippen molar-refractivity contribution in [3.05, 3.63) is 22.4 Å². The lowest BCUT2D eigenvalue weighted by atomic mass is 10.1. The predicted octanol–water partition coefficient (Wildman–Crippen LogP) is 2.65. The van der Waals surface area contributed by atoms with E-state index in [0.717, 1.165) is 12.5 Å². The van der Waals surface area contributed by atoms with Crippen molar-refractivity contribution < 1.29 is 9.90 Å². The minimum atomic E-state index is -0.708. The van der Waals surface area contributed by atoms with Gasteiger partial charge in [0.2, 0.25) is 0 Å². The van der Waals surface area contributed by atoms with E-state index >= 15 is 0 Å². The van der Waals surface area contributed by atoms with E-state index in [4.69, 9.17) is 5.11 Å². The molecule has 1 aromatic rings. The van der Waals surface area contributed by atoms with Crippen LogP contribution in [0.25, 0.3) is 0 Å². The lowest BCUT2D eigenvalue weighted by molar-refractivity contribution is -0.137. The topological polar surface area (TPSA) is 49.3 Å². The minimum absolute atomic E-state index is 0.259. The Labute approximate surface area is 99.5 Å². The van der Waals surface area contributed by atoms with Crippen LogP contribution in [0, 0.1) is 5.92 Å². The number of hydrogen-bond acceptors (Lipinski definition) is 3. The third-order valence-corrected chi connectivity index (χ3v) is 3.83. The van der Waals surface area contributed by atoms with Crippen molar-refractivity contribution in [3.63, 3.8) is 0 Å². The van der Waals surface area contributed by atoms with E-state index < -0.39 is 5.97 Å². The van der Waals surface area contributed by atoms with Gasteiger partial charge in [-0.15, -0.1) is 11.3 Å². The average Bonchev–Trinajstić information content (AvgIpc) is 2.93. The molecule has 1 fully saturated rings. The van der Waals surface area contributed by atoms with Gasteiger partial charge < -0.3 is 10.4 Å². The first kappa shape index (κ1) is 11.6. The Balaban J connectivity index is 1.78. The Bertz CT molecular complexity index is 333. The van der Waals surface area contributed by atoms with Crippen molar-refractivity contribution in [1.29, 1.82) is 0 Å². The van der Waals surface area contributed by atoms with Crippen LogP contribution < -0.4 is 5.32 Å². The largest absolute Gasteiger partial charge is 0.481 e. The monoisotopic (exact) mass is 239 g/mol. The first-order valence-electron chi connectivity index (χ1n) is 5.76. The van der Waals surface area contributed by atoms with Crippen LogP contribution in [0.5, 0.6) is 0 Å². The summed E-state index contributed by atoms with van der Waals surface area (Å²) in [5, 5.41) is 14.1. The maximum Gasteiger partial charge on any atom is 0.303 e. The highest BCUT2D eigenvalue weighted by Gasteiger charge is 2.32. The van der Waals surface area contributed by atoms with Gasteiger partial charge >= 0.3 is 5.97 Å². The van der Waals surface area contributed by atoms with Crippen molar-refractivity contribution in [2.24, 2.45) is 5.92 Å². The van der Waals surface area contributed by atoms with Gasteiger partial charge in [-0.25, -0.2) is 0 Å². The fourth-order valence-corrected chi connectivity index (χ4v) is 2.79. The molecule has 0 saturated heterocycles. The third-order valence-electron chi connectivity index (χ3n) is 2.87. The van der Waals surface area contributed by atoms with Gasteiger partial charge in [0.15, 0.2) is 0 Å². The van der Waals surface area contributed by atoms with Crippen molar-refractivity contribution in [3.8, 4) is 0 Å². The average molecular weight is 239 g/mol. The molecule has 0 spiro atoms. The second-order valence-corrected chi connectivity index (χ2v) is 5.26. The van der Waals surface area contributed by atoms with Crippen LogP contribution in [-0.2, 0) is 4.79 Å². The molecule has 2 N–H and O–H groups in total. The second-order valence-electron chi connectivity index (χ2n) is 4.28. The molecule has 1 atom stereocenters. The molecular formula is C12H17NO2S. The predicted molar refractivity (Wildman–Crippen MR) is 64.7 cm³/mol. The van der Waals surface area contributed by atoms with Gasteiger partial charge in [0.05, 0.1) is 0 Å². The Morgan fingerprint density at radius 1 is 1.62 bits per heavy atom. The van der Waals surface area contributed by atoms with Crippen LogP contribution in [0.1, 0.15) is 36.6 Å². The molecule has 1 saturated carbocycles. The fraction of sp³-hybridized carbons (Fsp3) is 0.583. The molecule has 0 aromatic carbocycles. The summed E-state index contributed by atoms with van der Waals surface area (Å²) in [5.74, 6) is 0.0596. The summed E-state index contributed by atoms with van der Waals surface area (Å²) >= 11 is 1.78. The van der Waals surface area contributed by atoms with Gasteiger partial charge in [-0.2, -0.15) is 0 Å². The molecule has 16 heavy (non-hydrogen) atoms. The van der Waals surface area contributed by atoms with Crippen molar-refractivity contribution in [2.75, 3.05) is 6.54 Å². The van der Waals surface area contributed by atoms with Gasteiger partial charge in [0.25, 0.3) is 0 Å². The van der Waals surface area contributed by atoms with Crippen molar-refractivity contribution >= 4 is 17.3 Å². The number of rotatable bonds is 7. The molecule has 0 aliphatic heterocycles. The molecule has 2 rings (SSSR count). The maximum absolute atomic E-state index is 10.4. The third kappa shape index (κ3) is 3.32. The van der Waals surface area contributed by atoms with Gasteiger partial charge in [0, 0.05) is 17.3 Å². The number of aliphatic carboxylic acids is 1. The summed E-state index contributed by atoms with van der Waals surface area (Å²) in [6, 6.07) is 4.69. The van der Waals surface area contributed by atoms with E-state index in [1.54, 1.807) is 11.3 Å². The molecule has 3 nitrogen and oxygen atoms in total. The van der Waals surface area contributed by atoms with Gasteiger partial charge in [0.1, 0.15) is 0 Å². The molecule has 0 amide bonds. The zero-order valence-electron chi connectivity index (χ0n) is 9.19. The quantitative estimate of drug-likeness (QED) is 0.719. The van der Waals surface area contributed by atoms with Gasteiger partial charge in [-0.3, -0.25) is 4.79 Å². The first-order valence-corrected chi connectivity index (χ1v) is 6.64. The van der Waals surface area contributed by atoms with Crippen LogP contribution >= 0.6 is 11.3 Å². The number of nitrogens with one attached hydrogen (secondary N) is 1. The van der Waals surface area contributed by atoms with Crippen molar-refractivity contribution in [1.82, 2.24) is 5.32 Å². The van der Waals surface area contributed by atoms with E-state index in [2.05, 4.69) is 22.8 Å². The summed E-state index contributed by atoms with van der Waals surface area (Å²) in [5.41, 5.74) is 0. The Hall–Kier alpha value is -0.870. The van der Waals surface area contributed by atoms with E-state index in [-0.39, 0.29) is 6.42 Å². The Kier molecular flexibility index (Phi) is 3.96. The molecule has 1 aromatic heterocycles. The lowest BCUT2D eigenvalue weighted by Crippen LogP contribution is -2.23. The van der Waals surface area contributed by atoms with Crippen LogP contribution in [0.3, 0.4) is 0 Å². The number of carboxylic acid groups (broad SMARTS) is 1. The van der Waals surface area contributed by atoms with Gasteiger partial charge in [-0.05, 0) is 43.2 Å². The van der Waals surface area contributed by atoms with Crippen LogP contribution in [-0.4, -0.2) is 17.6 Å². The highest BCUT2D eigenvalue weighted by molar-refractivity contribution is 7.10. The number of carbonyl (C=O) groups is 1. The molecule has 0 bridgehead atoms. The van der Waals surface area contributed by atoms with Crippen LogP contribution in [0.2, 0.25) is 0 Å². The fourth-order valence-electron chi connectivity index (χ4n) is 1.89. The minimum Gasteiger partial charge on any atom is -0.481 e. The molecule has 1 unspecified atom stereocenters. The van der Waals surface area contributed by atoms with E-state index in [1.165, 1.54) is 17.7 Å². The first-order chi connectivity index (χ1) is 7.77. The van der Waals surface area contributed by atoms with Crippen molar-refractivity contribution in [2.45, 2.75) is 31.7 Å². The summed E-state index contributed by atoms with van der Waals surface area (Å²) in [6.07, 6.45) is 3.57. The zero-order chi connectivity index (χ0) is 11.4. The molecule has 1 aliphatic rings. The van der Waals surface area contributed by atoms with Crippen LogP contribution in [0.4, 0.5) is 0 Å². The number of thiophene rings is 1. The maximum atomic E-state index is 10.4. The standard InChI is InChI=1S/C12H17NO2S/c14-11(15)4-1-7-13-12(9-5-6-9)10-3-2-8-16-10/h2-3,8-9,12-13H,1,4-7H2,(H,14,15). The summed E-state index contributed by atoms with van der Waals surface area (Å²) < 4.78 is 0. The smallest absolute Gasteiger partial charge is 0.303 e. The number of carboxylic acids is 1. The lowest BCUT2D eigenvalue weighted by Gasteiger charge is -2.16. The summed E-state index contributed by atoms with van der Waals surface area (Å²) in [6.45, 7) is 0.797. The molecule has 1 heterocycles. The highest BCUT2D eigenvalue weighted by atomic mass is 32.1. The number of hydrogen-bond donors (Lipinski definition) is 2. The highest BCUT2D eigenvalue weighted by Crippen LogP contribution is 2.42. The van der Waals surface area contributed by atoms with E-state index in [1.807, 2.05) is 0 Å².